The second-order valence-electron chi connectivity index (χ2n) is 5.54. The zero-order chi connectivity index (χ0) is 11.6. The Balaban J connectivity index is 1.73. The van der Waals surface area contributed by atoms with E-state index in [4.69, 9.17) is 4.74 Å². The summed E-state index contributed by atoms with van der Waals surface area (Å²) in [6, 6.07) is 10.9. The average Bonchev–Trinajstić information content (AvgIpc) is 2.36. The van der Waals surface area contributed by atoms with Crippen molar-refractivity contribution in [2.45, 2.75) is 24.7 Å². The second-order valence-corrected chi connectivity index (χ2v) is 5.54. The molecule has 2 heteroatoms. The predicted molar refractivity (Wildman–Crippen MR) is 69.1 cm³/mol. The first kappa shape index (κ1) is 11.2. The van der Waals surface area contributed by atoms with Crippen LogP contribution in [0.1, 0.15) is 24.8 Å². The molecule has 0 amide bonds. The monoisotopic (exact) mass is 231 g/mol. The molecule has 0 bridgehead atoms. The Morgan fingerprint density at radius 3 is 2.41 bits per heavy atom. The van der Waals surface area contributed by atoms with Crippen molar-refractivity contribution < 1.29 is 4.74 Å². The minimum absolute atomic E-state index is 0.323. The number of piperidine rings is 1. The molecule has 17 heavy (non-hydrogen) atoms. The van der Waals surface area contributed by atoms with Gasteiger partial charge < -0.3 is 10.1 Å². The van der Waals surface area contributed by atoms with Crippen molar-refractivity contribution in [1.82, 2.24) is 5.32 Å². The van der Waals surface area contributed by atoms with E-state index in [0.29, 0.717) is 5.41 Å². The maximum atomic E-state index is 5.52. The Morgan fingerprint density at radius 2 is 1.82 bits per heavy atom. The van der Waals surface area contributed by atoms with Crippen LogP contribution >= 0.6 is 0 Å². The average molecular weight is 231 g/mol. The van der Waals surface area contributed by atoms with Gasteiger partial charge in [0, 0.05) is 5.41 Å². The van der Waals surface area contributed by atoms with Crippen LogP contribution < -0.4 is 5.32 Å². The number of nitrogens with one attached hydrogen (secondary N) is 1. The predicted octanol–water partition coefficient (Wildman–Crippen LogP) is 2.34. The Bertz CT molecular complexity index is 352. The van der Waals surface area contributed by atoms with Crippen molar-refractivity contribution in [3.8, 4) is 0 Å². The SMILES string of the molecule is c1ccc(C2(CC3CCNCC3)COC2)cc1. The molecule has 1 N–H and O–H groups in total. The number of rotatable bonds is 3. The molecule has 0 aromatic heterocycles. The van der Waals surface area contributed by atoms with Crippen LogP contribution in [0.3, 0.4) is 0 Å². The minimum Gasteiger partial charge on any atom is -0.379 e. The van der Waals surface area contributed by atoms with Gasteiger partial charge in [-0.1, -0.05) is 30.3 Å². The number of hydrogen-bond acceptors (Lipinski definition) is 2. The highest BCUT2D eigenvalue weighted by atomic mass is 16.5. The molecule has 1 aromatic rings. The fraction of sp³-hybridized carbons (Fsp3) is 0.600. The molecule has 92 valence electrons. The Hall–Kier alpha value is -0.860. The van der Waals surface area contributed by atoms with E-state index in [1.807, 2.05) is 0 Å². The normalized spacial score (nSPS) is 24.2. The van der Waals surface area contributed by atoms with Crippen LogP contribution in [0.25, 0.3) is 0 Å². The van der Waals surface area contributed by atoms with Crippen LogP contribution in [0.5, 0.6) is 0 Å². The Kier molecular flexibility index (Phi) is 3.17. The smallest absolute Gasteiger partial charge is 0.0585 e. The van der Waals surface area contributed by atoms with E-state index < -0.39 is 0 Å². The van der Waals surface area contributed by atoms with Crippen molar-refractivity contribution in [2.24, 2.45) is 5.92 Å². The zero-order valence-corrected chi connectivity index (χ0v) is 10.3. The molecule has 2 aliphatic rings. The summed E-state index contributed by atoms with van der Waals surface area (Å²) in [5.41, 5.74) is 1.80. The van der Waals surface area contributed by atoms with Gasteiger partial charge in [0.2, 0.25) is 0 Å². The topological polar surface area (TPSA) is 21.3 Å². The highest BCUT2D eigenvalue weighted by Gasteiger charge is 2.41. The number of ether oxygens (including phenoxy) is 1. The van der Waals surface area contributed by atoms with E-state index in [1.54, 1.807) is 0 Å². The maximum absolute atomic E-state index is 5.52. The Morgan fingerprint density at radius 1 is 1.12 bits per heavy atom. The van der Waals surface area contributed by atoms with Crippen LogP contribution in [-0.4, -0.2) is 26.3 Å². The molecular weight excluding hydrogens is 210 g/mol. The van der Waals surface area contributed by atoms with Gasteiger partial charge >= 0.3 is 0 Å². The lowest BCUT2D eigenvalue weighted by atomic mass is 9.70. The summed E-state index contributed by atoms with van der Waals surface area (Å²) < 4.78 is 5.52. The molecule has 0 aliphatic carbocycles. The second kappa shape index (κ2) is 4.79. The van der Waals surface area contributed by atoms with Crippen LogP contribution in [-0.2, 0) is 10.2 Å². The van der Waals surface area contributed by atoms with Gasteiger partial charge in [0.15, 0.2) is 0 Å². The molecule has 3 rings (SSSR count). The Labute approximate surface area is 103 Å². The van der Waals surface area contributed by atoms with Gasteiger partial charge in [-0.15, -0.1) is 0 Å². The molecule has 0 unspecified atom stereocenters. The fourth-order valence-corrected chi connectivity index (χ4v) is 3.18. The maximum Gasteiger partial charge on any atom is 0.0585 e. The summed E-state index contributed by atoms with van der Waals surface area (Å²) in [6.07, 6.45) is 3.96. The molecule has 2 saturated heterocycles. The highest BCUT2D eigenvalue weighted by molar-refractivity contribution is 5.28. The first-order valence-electron chi connectivity index (χ1n) is 6.73. The number of benzene rings is 1. The van der Waals surface area contributed by atoms with Crippen molar-refractivity contribution in [2.75, 3.05) is 26.3 Å². The lowest BCUT2D eigenvalue weighted by molar-refractivity contribution is -0.0731. The molecule has 2 heterocycles. The van der Waals surface area contributed by atoms with Gasteiger partial charge in [-0.25, -0.2) is 0 Å². The zero-order valence-electron chi connectivity index (χ0n) is 10.3. The van der Waals surface area contributed by atoms with Crippen molar-refractivity contribution in [3.05, 3.63) is 35.9 Å². The lowest BCUT2D eigenvalue weighted by Gasteiger charge is -2.45. The summed E-state index contributed by atoms with van der Waals surface area (Å²) in [5.74, 6) is 0.875. The summed E-state index contributed by atoms with van der Waals surface area (Å²) in [4.78, 5) is 0. The quantitative estimate of drug-likeness (QED) is 0.862. The summed E-state index contributed by atoms with van der Waals surface area (Å²) in [6.45, 7) is 4.22. The standard InChI is InChI=1S/C15H21NO/c1-2-4-14(5-3-1)15(11-17-12-15)10-13-6-8-16-9-7-13/h1-5,13,16H,6-12H2. The lowest BCUT2D eigenvalue weighted by Crippen LogP contribution is -2.48. The highest BCUT2D eigenvalue weighted by Crippen LogP contribution is 2.40. The molecule has 2 aliphatic heterocycles. The van der Waals surface area contributed by atoms with E-state index in [0.717, 1.165) is 19.1 Å². The molecule has 2 fully saturated rings. The molecule has 0 spiro atoms. The van der Waals surface area contributed by atoms with E-state index in [-0.39, 0.29) is 0 Å². The van der Waals surface area contributed by atoms with Crippen LogP contribution in [0.15, 0.2) is 30.3 Å². The van der Waals surface area contributed by atoms with Crippen molar-refractivity contribution in [1.29, 1.82) is 0 Å². The van der Waals surface area contributed by atoms with Gasteiger partial charge in [-0.3, -0.25) is 0 Å². The van der Waals surface area contributed by atoms with Crippen molar-refractivity contribution in [3.63, 3.8) is 0 Å². The van der Waals surface area contributed by atoms with Crippen LogP contribution in [0.4, 0.5) is 0 Å². The fourth-order valence-electron chi connectivity index (χ4n) is 3.18. The number of hydrogen-bond donors (Lipinski definition) is 1. The van der Waals surface area contributed by atoms with E-state index >= 15 is 0 Å². The third-order valence-electron chi connectivity index (χ3n) is 4.28. The molecule has 1 aromatic carbocycles. The van der Waals surface area contributed by atoms with Gasteiger partial charge in [-0.2, -0.15) is 0 Å². The molecule has 2 nitrogen and oxygen atoms in total. The molecule has 0 radical (unpaired) electrons. The molecule has 0 saturated carbocycles. The third kappa shape index (κ3) is 2.24. The van der Waals surface area contributed by atoms with Gasteiger partial charge in [0.1, 0.15) is 0 Å². The van der Waals surface area contributed by atoms with E-state index in [1.165, 1.54) is 37.9 Å². The van der Waals surface area contributed by atoms with Crippen LogP contribution in [0, 0.1) is 5.92 Å². The summed E-state index contributed by atoms with van der Waals surface area (Å²) in [5, 5.41) is 3.45. The minimum atomic E-state index is 0.323. The summed E-state index contributed by atoms with van der Waals surface area (Å²) >= 11 is 0. The van der Waals surface area contributed by atoms with Crippen molar-refractivity contribution >= 4 is 0 Å². The third-order valence-corrected chi connectivity index (χ3v) is 4.28. The largest absolute Gasteiger partial charge is 0.379 e. The first-order chi connectivity index (χ1) is 8.39. The molecular formula is C15H21NO. The van der Waals surface area contributed by atoms with Crippen LogP contribution in [0.2, 0.25) is 0 Å². The van der Waals surface area contributed by atoms with Gasteiger partial charge in [0.25, 0.3) is 0 Å². The molecule has 0 atom stereocenters. The van der Waals surface area contributed by atoms with Gasteiger partial charge in [0.05, 0.1) is 13.2 Å². The van der Waals surface area contributed by atoms with E-state index in [9.17, 15) is 0 Å². The first-order valence-corrected chi connectivity index (χ1v) is 6.73. The van der Waals surface area contributed by atoms with E-state index in [2.05, 4.69) is 35.6 Å². The summed E-state index contributed by atoms with van der Waals surface area (Å²) in [7, 11) is 0. The van der Waals surface area contributed by atoms with Gasteiger partial charge in [-0.05, 0) is 43.8 Å².